The predicted molar refractivity (Wildman–Crippen MR) is 75.3 cm³/mol. The number of primary amides is 1. The average molecular weight is 316 g/mol. The van der Waals surface area contributed by atoms with Crippen molar-refractivity contribution in [2.75, 3.05) is 17.2 Å². The van der Waals surface area contributed by atoms with Gasteiger partial charge in [-0.1, -0.05) is 13.8 Å². The van der Waals surface area contributed by atoms with Gasteiger partial charge >= 0.3 is 0 Å². The van der Waals surface area contributed by atoms with Crippen LogP contribution >= 0.6 is 15.9 Å². The molecule has 0 aliphatic heterocycles. The van der Waals surface area contributed by atoms with Gasteiger partial charge in [0, 0.05) is 6.54 Å². The van der Waals surface area contributed by atoms with Crippen molar-refractivity contribution in [3.05, 3.63) is 10.8 Å². The average Bonchev–Trinajstić information content (AvgIpc) is 2.29. The molecule has 1 amide bonds. The monoisotopic (exact) mass is 315 g/mol. The van der Waals surface area contributed by atoms with E-state index < -0.39 is 11.9 Å². The number of nitrogens with one attached hydrogen (secondary N) is 2. The number of hydrogen-bond acceptors (Lipinski definition) is 5. The highest BCUT2D eigenvalue weighted by atomic mass is 79.9. The van der Waals surface area contributed by atoms with Crippen LogP contribution in [0, 0.1) is 5.92 Å². The molecule has 0 saturated carbocycles. The van der Waals surface area contributed by atoms with Gasteiger partial charge in [-0.05, 0) is 28.8 Å². The summed E-state index contributed by atoms with van der Waals surface area (Å²) in [4.78, 5) is 19.6. The Bertz CT molecular complexity index is 424. The molecule has 0 aliphatic carbocycles. The van der Waals surface area contributed by atoms with E-state index in [1.165, 1.54) is 6.33 Å². The lowest BCUT2D eigenvalue weighted by Crippen LogP contribution is -2.39. The number of nitrogens with two attached hydrogens (primary N) is 1. The minimum atomic E-state index is -0.467. The molecule has 0 aliphatic rings. The van der Waals surface area contributed by atoms with Crippen LogP contribution in [-0.4, -0.2) is 28.5 Å². The smallest absolute Gasteiger partial charge is 0.240 e. The molecule has 7 heteroatoms. The molecule has 100 valence electrons. The summed E-state index contributed by atoms with van der Waals surface area (Å²) in [7, 11) is 0. The molecule has 1 unspecified atom stereocenters. The summed E-state index contributed by atoms with van der Waals surface area (Å²) < 4.78 is 0.693. The van der Waals surface area contributed by atoms with Crippen molar-refractivity contribution in [1.29, 1.82) is 0 Å². The van der Waals surface area contributed by atoms with Crippen LogP contribution in [-0.2, 0) is 4.79 Å². The third kappa shape index (κ3) is 3.56. The van der Waals surface area contributed by atoms with Crippen LogP contribution in [0.1, 0.15) is 20.8 Å². The van der Waals surface area contributed by atoms with Gasteiger partial charge in [0.2, 0.25) is 5.91 Å². The van der Waals surface area contributed by atoms with Crippen molar-refractivity contribution in [3.8, 4) is 0 Å². The molecule has 1 rings (SSSR count). The maximum atomic E-state index is 11.4. The van der Waals surface area contributed by atoms with Crippen LogP contribution in [0.25, 0.3) is 0 Å². The second kappa shape index (κ2) is 6.53. The van der Waals surface area contributed by atoms with Gasteiger partial charge in [0.15, 0.2) is 0 Å². The van der Waals surface area contributed by atoms with E-state index in [9.17, 15) is 4.79 Å². The number of carbonyl (C=O) groups is 1. The van der Waals surface area contributed by atoms with Crippen LogP contribution in [0.4, 0.5) is 11.6 Å². The van der Waals surface area contributed by atoms with E-state index in [1.54, 1.807) is 0 Å². The number of hydrogen-bond donors (Lipinski definition) is 3. The Morgan fingerprint density at radius 3 is 2.56 bits per heavy atom. The van der Waals surface area contributed by atoms with Gasteiger partial charge in [-0.15, -0.1) is 0 Å². The molecule has 6 nitrogen and oxygen atoms in total. The molecule has 1 atom stereocenters. The largest absolute Gasteiger partial charge is 0.369 e. The first-order chi connectivity index (χ1) is 8.47. The minimum Gasteiger partial charge on any atom is -0.369 e. The highest BCUT2D eigenvalue weighted by Crippen LogP contribution is 2.27. The van der Waals surface area contributed by atoms with Crippen LogP contribution < -0.4 is 16.4 Å². The van der Waals surface area contributed by atoms with E-state index in [0.29, 0.717) is 16.1 Å². The Morgan fingerprint density at radius 1 is 1.44 bits per heavy atom. The zero-order valence-corrected chi connectivity index (χ0v) is 12.3. The van der Waals surface area contributed by atoms with Crippen LogP contribution in [0.2, 0.25) is 0 Å². The molecule has 1 heterocycles. The molecule has 0 aromatic carbocycles. The SMILES string of the molecule is CCNc1ncnc(NC(C(N)=O)C(C)C)c1Br. The van der Waals surface area contributed by atoms with E-state index in [1.807, 2.05) is 20.8 Å². The van der Waals surface area contributed by atoms with Crippen molar-refractivity contribution < 1.29 is 4.79 Å². The first-order valence-electron chi connectivity index (χ1n) is 5.77. The van der Waals surface area contributed by atoms with Crippen molar-refractivity contribution in [3.63, 3.8) is 0 Å². The van der Waals surface area contributed by atoms with E-state index >= 15 is 0 Å². The topological polar surface area (TPSA) is 92.9 Å². The molecule has 1 aromatic rings. The number of aromatic nitrogens is 2. The van der Waals surface area contributed by atoms with Gasteiger partial charge in [-0.3, -0.25) is 4.79 Å². The summed E-state index contributed by atoms with van der Waals surface area (Å²) in [5, 5.41) is 6.13. The van der Waals surface area contributed by atoms with E-state index in [2.05, 4.69) is 36.5 Å². The number of carbonyl (C=O) groups excluding carboxylic acids is 1. The Hall–Kier alpha value is -1.37. The molecule has 4 N–H and O–H groups in total. The number of anilines is 2. The zero-order chi connectivity index (χ0) is 13.7. The number of rotatable bonds is 6. The minimum absolute atomic E-state index is 0.0759. The Kier molecular flexibility index (Phi) is 5.33. The molecule has 0 radical (unpaired) electrons. The Morgan fingerprint density at radius 2 is 2.06 bits per heavy atom. The summed E-state index contributed by atoms with van der Waals surface area (Å²) in [6, 6.07) is -0.467. The molecule has 0 saturated heterocycles. The second-order valence-corrected chi connectivity index (χ2v) is 4.98. The van der Waals surface area contributed by atoms with Gasteiger partial charge in [0.25, 0.3) is 0 Å². The summed E-state index contributed by atoms with van der Waals surface area (Å²) in [6.45, 7) is 6.56. The van der Waals surface area contributed by atoms with E-state index in [4.69, 9.17) is 5.73 Å². The summed E-state index contributed by atoms with van der Waals surface area (Å²) in [6.07, 6.45) is 1.43. The lowest BCUT2D eigenvalue weighted by atomic mass is 10.0. The predicted octanol–water partition coefficient (Wildman–Crippen LogP) is 1.59. The normalized spacial score (nSPS) is 12.3. The lowest BCUT2D eigenvalue weighted by molar-refractivity contribution is -0.119. The maximum Gasteiger partial charge on any atom is 0.240 e. The van der Waals surface area contributed by atoms with Crippen LogP contribution in [0.5, 0.6) is 0 Å². The van der Waals surface area contributed by atoms with Crippen LogP contribution in [0.15, 0.2) is 10.8 Å². The molecular weight excluding hydrogens is 298 g/mol. The standard InChI is InChI=1S/C11H18BrN5O/c1-4-14-10-7(12)11(16-5-15-10)17-8(6(2)3)9(13)18/h5-6,8H,4H2,1-3H3,(H2,13,18)(H2,14,15,16,17). The van der Waals surface area contributed by atoms with Crippen molar-refractivity contribution in [2.24, 2.45) is 11.7 Å². The van der Waals surface area contributed by atoms with Crippen LogP contribution in [0.3, 0.4) is 0 Å². The van der Waals surface area contributed by atoms with Crippen molar-refractivity contribution >= 4 is 33.5 Å². The molecule has 0 spiro atoms. The lowest BCUT2D eigenvalue weighted by Gasteiger charge is -2.20. The highest BCUT2D eigenvalue weighted by Gasteiger charge is 2.21. The molecule has 18 heavy (non-hydrogen) atoms. The quantitative estimate of drug-likeness (QED) is 0.741. The third-order valence-corrected chi connectivity index (χ3v) is 3.15. The number of nitrogens with zero attached hydrogens (tertiary/aromatic N) is 2. The summed E-state index contributed by atoms with van der Waals surface area (Å²) >= 11 is 3.41. The van der Waals surface area contributed by atoms with Crippen molar-refractivity contribution in [1.82, 2.24) is 9.97 Å². The molecule has 0 bridgehead atoms. The van der Waals surface area contributed by atoms with Gasteiger partial charge in [-0.25, -0.2) is 9.97 Å². The Balaban J connectivity index is 2.96. The molecular formula is C11H18BrN5O. The van der Waals surface area contributed by atoms with Gasteiger partial charge < -0.3 is 16.4 Å². The first kappa shape index (κ1) is 14.7. The molecule has 0 fully saturated rings. The maximum absolute atomic E-state index is 11.4. The summed E-state index contributed by atoms with van der Waals surface area (Å²) in [5.41, 5.74) is 5.36. The zero-order valence-electron chi connectivity index (χ0n) is 10.7. The van der Waals surface area contributed by atoms with E-state index in [-0.39, 0.29) is 5.92 Å². The highest BCUT2D eigenvalue weighted by molar-refractivity contribution is 9.10. The number of amides is 1. The Labute approximate surface area is 115 Å². The second-order valence-electron chi connectivity index (χ2n) is 4.18. The van der Waals surface area contributed by atoms with Crippen molar-refractivity contribution in [2.45, 2.75) is 26.8 Å². The first-order valence-corrected chi connectivity index (χ1v) is 6.56. The van der Waals surface area contributed by atoms with Gasteiger partial charge in [-0.2, -0.15) is 0 Å². The van der Waals surface area contributed by atoms with Gasteiger partial charge in [0.05, 0.1) is 0 Å². The third-order valence-electron chi connectivity index (χ3n) is 2.40. The fraction of sp³-hybridized carbons (Fsp3) is 0.545. The van der Waals surface area contributed by atoms with E-state index in [0.717, 1.165) is 6.54 Å². The summed E-state index contributed by atoms with van der Waals surface area (Å²) in [5.74, 6) is 0.910. The van der Waals surface area contributed by atoms with Gasteiger partial charge in [0.1, 0.15) is 28.5 Å². The fourth-order valence-corrected chi connectivity index (χ4v) is 1.93. The fourth-order valence-electron chi connectivity index (χ4n) is 1.47. The number of halogens is 1. The molecule has 1 aromatic heterocycles.